The highest BCUT2D eigenvalue weighted by atomic mass is 16.4. The summed E-state index contributed by atoms with van der Waals surface area (Å²) in [6, 6.07) is 8.06. The largest absolute Gasteiger partial charge is 0.468 e. The van der Waals surface area contributed by atoms with Crippen LogP contribution in [0.3, 0.4) is 0 Å². The van der Waals surface area contributed by atoms with Crippen LogP contribution < -0.4 is 0 Å². The van der Waals surface area contributed by atoms with Gasteiger partial charge in [-0.05, 0) is 43.7 Å². The average Bonchev–Trinajstić information content (AvgIpc) is 3.26. The van der Waals surface area contributed by atoms with Gasteiger partial charge in [-0.1, -0.05) is 12.8 Å². The fourth-order valence-corrected chi connectivity index (χ4v) is 3.26. The molecule has 124 valence electrons. The highest BCUT2D eigenvalue weighted by Crippen LogP contribution is 2.31. The van der Waals surface area contributed by atoms with Crippen molar-refractivity contribution in [1.82, 2.24) is 20.1 Å². The smallest absolute Gasteiger partial charge is 0.249 e. The number of rotatable bonds is 4. The molecule has 0 amide bonds. The monoisotopic (exact) mass is 324 g/mol. The SMILES string of the molecule is c1cncc(-c2nnc(CN3CCCCCC3c3ccco3)o2)c1. The summed E-state index contributed by atoms with van der Waals surface area (Å²) in [7, 11) is 0. The van der Waals surface area contributed by atoms with Crippen LogP contribution in [0.25, 0.3) is 11.5 Å². The molecule has 6 nitrogen and oxygen atoms in total. The van der Waals surface area contributed by atoms with Gasteiger partial charge < -0.3 is 8.83 Å². The zero-order valence-electron chi connectivity index (χ0n) is 13.5. The molecular weight excluding hydrogens is 304 g/mol. The van der Waals surface area contributed by atoms with Crippen LogP contribution in [0.1, 0.15) is 43.4 Å². The topological polar surface area (TPSA) is 68.2 Å². The molecule has 1 saturated heterocycles. The zero-order chi connectivity index (χ0) is 16.2. The lowest BCUT2D eigenvalue weighted by molar-refractivity contribution is 0.155. The van der Waals surface area contributed by atoms with Crippen LogP contribution >= 0.6 is 0 Å². The summed E-state index contributed by atoms with van der Waals surface area (Å²) in [5, 5.41) is 8.37. The molecule has 1 fully saturated rings. The summed E-state index contributed by atoms with van der Waals surface area (Å²) in [6.07, 6.45) is 9.94. The molecule has 1 aliphatic rings. The third-order valence-electron chi connectivity index (χ3n) is 4.45. The maximum atomic E-state index is 5.84. The summed E-state index contributed by atoms with van der Waals surface area (Å²) >= 11 is 0. The van der Waals surface area contributed by atoms with Crippen LogP contribution in [0.5, 0.6) is 0 Å². The predicted octanol–water partition coefficient (Wildman–Crippen LogP) is 3.84. The molecule has 4 heterocycles. The summed E-state index contributed by atoms with van der Waals surface area (Å²) in [6.45, 7) is 1.65. The van der Waals surface area contributed by atoms with E-state index in [1.165, 1.54) is 19.3 Å². The highest BCUT2D eigenvalue weighted by Gasteiger charge is 2.26. The van der Waals surface area contributed by atoms with Crippen molar-refractivity contribution >= 4 is 0 Å². The first kappa shape index (κ1) is 15.1. The lowest BCUT2D eigenvalue weighted by Gasteiger charge is -2.26. The van der Waals surface area contributed by atoms with E-state index in [9.17, 15) is 0 Å². The number of nitrogens with zero attached hydrogens (tertiary/aromatic N) is 4. The second-order valence-corrected chi connectivity index (χ2v) is 6.09. The molecule has 1 aliphatic heterocycles. The second kappa shape index (κ2) is 6.97. The number of aromatic nitrogens is 3. The van der Waals surface area contributed by atoms with E-state index in [2.05, 4.69) is 26.1 Å². The fourth-order valence-electron chi connectivity index (χ4n) is 3.26. The van der Waals surface area contributed by atoms with Gasteiger partial charge >= 0.3 is 0 Å². The molecule has 0 saturated carbocycles. The molecule has 0 aliphatic carbocycles. The maximum Gasteiger partial charge on any atom is 0.249 e. The first-order valence-corrected chi connectivity index (χ1v) is 8.40. The Hall–Kier alpha value is -2.47. The molecule has 4 rings (SSSR count). The minimum Gasteiger partial charge on any atom is -0.468 e. The summed E-state index contributed by atoms with van der Waals surface area (Å²) in [5.41, 5.74) is 0.842. The van der Waals surface area contributed by atoms with Gasteiger partial charge in [0.1, 0.15) is 5.76 Å². The van der Waals surface area contributed by atoms with E-state index in [0.717, 1.165) is 24.3 Å². The van der Waals surface area contributed by atoms with Crippen molar-refractivity contribution in [2.75, 3.05) is 6.54 Å². The van der Waals surface area contributed by atoms with E-state index in [1.54, 1.807) is 18.7 Å². The Labute approximate surface area is 140 Å². The van der Waals surface area contributed by atoms with Gasteiger partial charge in [-0.3, -0.25) is 9.88 Å². The molecule has 3 aromatic heterocycles. The Bertz CT molecular complexity index is 754. The minimum atomic E-state index is 0.274. The van der Waals surface area contributed by atoms with Crippen molar-refractivity contribution in [3.05, 3.63) is 54.6 Å². The fraction of sp³-hybridized carbons (Fsp3) is 0.389. The number of pyridine rings is 1. The highest BCUT2D eigenvalue weighted by molar-refractivity contribution is 5.49. The van der Waals surface area contributed by atoms with Crippen LogP contribution in [-0.4, -0.2) is 26.6 Å². The number of furan rings is 1. The van der Waals surface area contributed by atoms with Gasteiger partial charge in [-0.15, -0.1) is 10.2 Å². The molecular formula is C18H20N4O2. The molecule has 0 spiro atoms. The van der Waals surface area contributed by atoms with Gasteiger partial charge in [0, 0.05) is 12.4 Å². The van der Waals surface area contributed by atoms with Crippen molar-refractivity contribution in [3.63, 3.8) is 0 Å². The average molecular weight is 324 g/mol. The molecule has 0 bridgehead atoms. The van der Waals surface area contributed by atoms with Crippen molar-refractivity contribution in [1.29, 1.82) is 0 Å². The normalized spacial score (nSPS) is 19.2. The molecule has 3 aromatic rings. The second-order valence-electron chi connectivity index (χ2n) is 6.09. The number of hydrogen-bond donors (Lipinski definition) is 0. The molecule has 6 heteroatoms. The van der Waals surface area contributed by atoms with Gasteiger partial charge in [-0.2, -0.15) is 0 Å². The predicted molar refractivity (Wildman–Crippen MR) is 87.9 cm³/mol. The van der Waals surface area contributed by atoms with Crippen LogP contribution in [0.2, 0.25) is 0 Å². The molecule has 1 atom stereocenters. The quantitative estimate of drug-likeness (QED) is 0.726. The number of likely N-dealkylation sites (tertiary alicyclic amines) is 1. The Morgan fingerprint density at radius 2 is 2.12 bits per heavy atom. The van der Waals surface area contributed by atoms with E-state index in [0.29, 0.717) is 18.3 Å². The Kier molecular flexibility index (Phi) is 4.38. The summed E-state index contributed by atoms with van der Waals surface area (Å²) < 4.78 is 11.5. The molecule has 0 radical (unpaired) electrons. The van der Waals surface area contributed by atoms with Crippen molar-refractivity contribution < 1.29 is 8.83 Å². The van der Waals surface area contributed by atoms with Gasteiger partial charge in [0.2, 0.25) is 11.8 Å². The Morgan fingerprint density at radius 3 is 2.96 bits per heavy atom. The van der Waals surface area contributed by atoms with E-state index < -0.39 is 0 Å². The van der Waals surface area contributed by atoms with Crippen molar-refractivity contribution in [2.24, 2.45) is 0 Å². The Balaban J connectivity index is 1.53. The lowest BCUT2D eigenvalue weighted by Crippen LogP contribution is -2.28. The first-order chi connectivity index (χ1) is 11.9. The van der Waals surface area contributed by atoms with Crippen LogP contribution in [0.15, 0.2) is 51.8 Å². The van der Waals surface area contributed by atoms with Crippen LogP contribution in [-0.2, 0) is 6.54 Å². The molecule has 24 heavy (non-hydrogen) atoms. The van der Waals surface area contributed by atoms with E-state index in [4.69, 9.17) is 8.83 Å². The number of hydrogen-bond acceptors (Lipinski definition) is 6. The van der Waals surface area contributed by atoms with Gasteiger partial charge in [0.05, 0.1) is 24.4 Å². The van der Waals surface area contributed by atoms with Crippen molar-refractivity contribution in [3.8, 4) is 11.5 Å². The molecule has 1 unspecified atom stereocenters. The standard InChI is InChI=1S/C18H20N4O2/c1-2-7-15(16-8-5-11-23-16)22(10-3-1)13-17-20-21-18(24-17)14-6-4-9-19-12-14/h4-6,8-9,11-12,15H,1-3,7,10,13H2. The minimum absolute atomic E-state index is 0.274. The lowest BCUT2D eigenvalue weighted by atomic mass is 10.1. The third kappa shape index (κ3) is 3.23. The van der Waals surface area contributed by atoms with E-state index in [1.807, 2.05) is 18.2 Å². The zero-order valence-corrected chi connectivity index (χ0v) is 13.5. The maximum absolute atomic E-state index is 5.84. The summed E-state index contributed by atoms with van der Waals surface area (Å²) in [4.78, 5) is 6.47. The molecule has 0 N–H and O–H groups in total. The van der Waals surface area contributed by atoms with E-state index in [-0.39, 0.29) is 6.04 Å². The van der Waals surface area contributed by atoms with Gasteiger partial charge in [0.25, 0.3) is 0 Å². The first-order valence-electron chi connectivity index (χ1n) is 8.40. The third-order valence-corrected chi connectivity index (χ3v) is 4.45. The van der Waals surface area contributed by atoms with Crippen LogP contribution in [0.4, 0.5) is 0 Å². The van der Waals surface area contributed by atoms with Crippen molar-refractivity contribution in [2.45, 2.75) is 38.3 Å². The summed E-state index contributed by atoms with van der Waals surface area (Å²) in [5.74, 6) is 2.17. The van der Waals surface area contributed by atoms with Crippen LogP contribution in [0, 0.1) is 0 Å². The molecule has 0 aromatic carbocycles. The van der Waals surface area contributed by atoms with Gasteiger partial charge in [0.15, 0.2) is 0 Å². The van der Waals surface area contributed by atoms with E-state index >= 15 is 0 Å². The van der Waals surface area contributed by atoms with Gasteiger partial charge in [-0.25, -0.2) is 0 Å². The Morgan fingerprint density at radius 1 is 1.12 bits per heavy atom.